The molecule has 0 heterocycles. The molecule has 0 saturated heterocycles. The Morgan fingerprint density at radius 1 is 1.00 bits per heavy atom. The molecule has 0 radical (unpaired) electrons. The van der Waals surface area contributed by atoms with Gasteiger partial charge in [0.05, 0.1) is 25.1 Å². The van der Waals surface area contributed by atoms with Crippen molar-refractivity contribution in [1.82, 2.24) is 9.80 Å². The Balaban J connectivity index is 0. The van der Waals surface area contributed by atoms with Crippen LogP contribution in [0.15, 0.2) is 0 Å². The number of unbranched alkanes of at least 4 members (excludes halogenated alkanes) is 3. The molecule has 2 N–H and O–H groups in total. The highest BCUT2D eigenvalue weighted by molar-refractivity contribution is 5.79. The molecular weight excluding hydrogens is 354 g/mol. The molecule has 3 atom stereocenters. The van der Waals surface area contributed by atoms with Crippen molar-refractivity contribution in [3.05, 3.63) is 0 Å². The number of methoxy groups -OCH3 is 1. The maximum atomic E-state index is 12.6. The largest absolute Gasteiger partial charge is 0.379 e. The number of ether oxygens (including phenoxy) is 1. The summed E-state index contributed by atoms with van der Waals surface area (Å²) in [6, 6.07) is -0.163. The first kappa shape index (κ1) is 29.1. The van der Waals surface area contributed by atoms with Crippen LogP contribution in [0.1, 0.15) is 79.6 Å². The Morgan fingerprint density at radius 3 is 2.00 bits per heavy atom. The van der Waals surface area contributed by atoms with Gasteiger partial charge < -0.3 is 20.3 Å². The molecule has 0 aromatic rings. The normalized spacial score (nSPS) is 13.8. The number of amides is 2. The van der Waals surface area contributed by atoms with Crippen molar-refractivity contribution >= 4 is 11.8 Å². The summed E-state index contributed by atoms with van der Waals surface area (Å²) in [7, 11) is 5.19. The summed E-state index contributed by atoms with van der Waals surface area (Å²) in [6.07, 6.45) is 6.64. The molecule has 0 saturated carbocycles. The third-order valence-corrected chi connectivity index (χ3v) is 5.07. The Kier molecular flexibility index (Phi) is 18.6. The average molecular weight is 402 g/mol. The lowest BCUT2D eigenvalue weighted by Gasteiger charge is -2.38. The molecule has 0 bridgehead atoms. The smallest absolute Gasteiger partial charge is 0.236 e. The van der Waals surface area contributed by atoms with Crippen LogP contribution in [0, 0.1) is 5.92 Å². The van der Waals surface area contributed by atoms with Crippen molar-refractivity contribution in [2.24, 2.45) is 11.7 Å². The third-order valence-electron chi connectivity index (χ3n) is 5.07. The molecule has 0 aliphatic heterocycles. The number of rotatable bonds is 13. The van der Waals surface area contributed by atoms with Crippen LogP contribution in [-0.2, 0) is 14.3 Å². The van der Waals surface area contributed by atoms with Gasteiger partial charge in [-0.15, -0.1) is 0 Å². The molecule has 0 aliphatic rings. The van der Waals surface area contributed by atoms with Crippen LogP contribution < -0.4 is 5.73 Å². The van der Waals surface area contributed by atoms with Gasteiger partial charge in [0.25, 0.3) is 0 Å². The zero-order valence-corrected chi connectivity index (χ0v) is 19.8. The lowest BCUT2D eigenvalue weighted by Crippen LogP contribution is -2.52. The summed E-state index contributed by atoms with van der Waals surface area (Å²) in [6.45, 7) is 11.3. The van der Waals surface area contributed by atoms with Gasteiger partial charge in [-0.1, -0.05) is 66.7 Å². The van der Waals surface area contributed by atoms with Gasteiger partial charge in [0, 0.05) is 27.7 Å². The monoisotopic (exact) mass is 401 g/mol. The first-order valence-electron chi connectivity index (χ1n) is 11.0. The van der Waals surface area contributed by atoms with Crippen LogP contribution in [-0.4, -0.2) is 68.1 Å². The molecule has 3 unspecified atom stereocenters. The van der Waals surface area contributed by atoms with E-state index in [0.29, 0.717) is 0 Å². The highest BCUT2D eigenvalue weighted by Crippen LogP contribution is 2.22. The summed E-state index contributed by atoms with van der Waals surface area (Å²) in [5.41, 5.74) is 5.52. The van der Waals surface area contributed by atoms with E-state index in [0.717, 1.165) is 25.8 Å². The molecule has 6 heteroatoms. The fourth-order valence-corrected chi connectivity index (χ4v) is 3.12. The first-order chi connectivity index (χ1) is 13.2. The van der Waals surface area contributed by atoms with E-state index in [4.69, 9.17) is 10.5 Å². The second-order valence-corrected chi connectivity index (χ2v) is 7.65. The van der Waals surface area contributed by atoms with Crippen LogP contribution in [0.25, 0.3) is 0 Å². The van der Waals surface area contributed by atoms with Gasteiger partial charge in [-0.2, -0.15) is 0 Å². The van der Waals surface area contributed by atoms with E-state index >= 15 is 0 Å². The van der Waals surface area contributed by atoms with Crippen molar-refractivity contribution in [3.63, 3.8) is 0 Å². The number of hydrogen-bond donors (Lipinski definition) is 1. The zero-order valence-electron chi connectivity index (χ0n) is 19.8. The third kappa shape index (κ3) is 11.6. The number of carbonyl (C=O) groups is 2. The molecule has 0 rings (SSSR count). The fourth-order valence-electron chi connectivity index (χ4n) is 3.12. The molecule has 0 aromatic carbocycles. The summed E-state index contributed by atoms with van der Waals surface area (Å²) in [5.74, 6) is 0.145. The highest BCUT2D eigenvalue weighted by Gasteiger charge is 2.33. The Labute approximate surface area is 174 Å². The van der Waals surface area contributed by atoms with Crippen molar-refractivity contribution < 1.29 is 14.3 Å². The Morgan fingerprint density at radius 2 is 1.57 bits per heavy atom. The van der Waals surface area contributed by atoms with E-state index in [-0.39, 0.29) is 42.8 Å². The molecule has 6 nitrogen and oxygen atoms in total. The van der Waals surface area contributed by atoms with Crippen LogP contribution in [0.5, 0.6) is 0 Å². The number of likely N-dealkylation sites (N-methyl/N-ethyl adjacent to an activating group) is 1. The van der Waals surface area contributed by atoms with Gasteiger partial charge in [0.2, 0.25) is 11.8 Å². The number of nitrogens with two attached hydrogens (primary N) is 1. The van der Waals surface area contributed by atoms with E-state index in [9.17, 15) is 9.59 Å². The first-order valence-corrected chi connectivity index (χ1v) is 11.0. The highest BCUT2D eigenvalue weighted by atomic mass is 16.5. The lowest BCUT2D eigenvalue weighted by atomic mass is 9.91. The summed E-state index contributed by atoms with van der Waals surface area (Å²) < 4.78 is 5.63. The second-order valence-electron chi connectivity index (χ2n) is 7.65. The molecule has 0 spiro atoms. The number of nitrogens with zero attached hydrogens (tertiary/aromatic N) is 2. The quantitative estimate of drug-likeness (QED) is 0.478. The molecule has 28 heavy (non-hydrogen) atoms. The van der Waals surface area contributed by atoms with E-state index in [2.05, 4.69) is 34.6 Å². The molecular formula is C22H47N3O3. The lowest BCUT2D eigenvalue weighted by molar-refractivity contribution is -0.140. The second kappa shape index (κ2) is 17.9. The van der Waals surface area contributed by atoms with Crippen molar-refractivity contribution in [1.29, 1.82) is 0 Å². The SMILES string of the molecule is CCC.CCCCCCN(C)C(=O)CC(OC)C(C(C)CC)N(C)C(=O)CN. The van der Waals surface area contributed by atoms with Crippen LogP contribution in [0.4, 0.5) is 0 Å². The standard InChI is InChI=1S/C19H39N3O3.C3H8/c1-7-9-10-11-12-21(4)17(23)13-16(25-6)19(15(3)8-2)22(5)18(24)14-20;1-3-2/h15-16,19H,7-14,20H2,1-6H3;3H2,1-2H3. The number of carbonyl (C=O) groups excluding carboxylic acids is 2. The van der Waals surface area contributed by atoms with Crippen LogP contribution in [0.3, 0.4) is 0 Å². The van der Waals surface area contributed by atoms with Gasteiger partial charge in [-0.05, 0) is 12.3 Å². The van der Waals surface area contributed by atoms with Gasteiger partial charge in [0.15, 0.2) is 0 Å². The summed E-state index contributed by atoms with van der Waals surface area (Å²) in [4.78, 5) is 28.1. The average Bonchev–Trinajstić information content (AvgIpc) is 2.69. The van der Waals surface area contributed by atoms with E-state index in [1.165, 1.54) is 19.3 Å². The van der Waals surface area contributed by atoms with Crippen molar-refractivity contribution in [2.45, 2.75) is 91.7 Å². The maximum Gasteiger partial charge on any atom is 0.236 e. The minimum absolute atomic E-state index is 0.0366. The predicted octanol–water partition coefficient (Wildman–Crippen LogP) is 3.68. The molecule has 2 amide bonds. The van der Waals surface area contributed by atoms with Gasteiger partial charge in [-0.25, -0.2) is 0 Å². The fraction of sp³-hybridized carbons (Fsp3) is 0.909. The minimum atomic E-state index is -0.332. The van der Waals surface area contributed by atoms with Crippen LogP contribution in [0.2, 0.25) is 0 Å². The van der Waals surface area contributed by atoms with E-state index in [1.807, 2.05) is 7.05 Å². The molecule has 0 aliphatic carbocycles. The van der Waals surface area contributed by atoms with E-state index in [1.54, 1.807) is 24.0 Å². The van der Waals surface area contributed by atoms with E-state index < -0.39 is 0 Å². The zero-order chi connectivity index (χ0) is 22.1. The predicted molar refractivity (Wildman–Crippen MR) is 118 cm³/mol. The maximum absolute atomic E-state index is 12.6. The summed E-state index contributed by atoms with van der Waals surface area (Å²) >= 11 is 0. The Hall–Kier alpha value is -1.14. The van der Waals surface area contributed by atoms with Crippen molar-refractivity contribution in [3.8, 4) is 0 Å². The topological polar surface area (TPSA) is 75.9 Å². The Bertz CT molecular complexity index is 404. The van der Waals surface area contributed by atoms with Crippen molar-refractivity contribution in [2.75, 3.05) is 34.3 Å². The summed E-state index contributed by atoms with van der Waals surface area (Å²) in [5, 5.41) is 0. The van der Waals surface area contributed by atoms with Gasteiger partial charge >= 0.3 is 0 Å². The minimum Gasteiger partial charge on any atom is -0.379 e. The van der Waals surface area contributed by atoms with Gasteiger partial charge in [-0.3, -0.25) is 9.59 Å². The number of hydrogen-bond acceptors (Lipinski definition) is 4. The molecule has 0 aromatic heterocycles. The van der Waals surface area contributed by atoms with Gasteiger partial charge in [0.1, 0.15) is 0 Å². The molecule has 168 valence electrons. The molecule has 0 fully saturated rings. The van der Waals surface area contributed by atoms with Crippen LogP contribution >= 0.6 is 0 Å².